The molecule has 0 saturated heterocycles. The number of hydrogen-bond donors (Lipinski definition) is 0. The van der Waals surface area contributed by atoms with Crippen LogP contribution < -0.4 is 0 Å². The molecule has 50 heavy (non-hydrogen) atoms. The van der Waals surface area contributed by atoms with Crippen molar-refractivity contribution in [3.8, 4) is 56.4 Å². The summed E-state index contributed by atoms with van der Waals surface area (Å²) in [5.41, 5.74) is 10.5. The minimum atomic E-state index is 0.567. The fourth-order valence-electron chi connectivity index (χ4n) is 6.88. The maximum absolute atomic E-state index is 6.24. The average molecular weight is 642 g/mol. The Morgan fingerprint density at radius 3 is 1.50 bits per heavy atom. The molecule has 0 bridgehead atoms. The molecule has 0 aliphatic heterocycles. The van der Waals surface area contributed by atoms with Crippen LogP contribution in [0.15, 0.2) is 173 Å². The van der Waals surface area contributed by atoms with E-state index >= 15 is 0 Å². The molecule has 0 fully saturated rings. The highest BCUT2D eigenvalue weighted by atomic mass is 16.3. The SMILES string of the molecule is c1ccc(-c2ccc(-c3ccc(-c4nc(-c5ccc6c(c5)oc5ccccc56)nc(-c5cccc6oc7ccccc7c56)n4)cc3)cc2)cc1. The van der Waals surface area contributed by atoms with Gasteiger partial charge in [-0.3, -0.25) is 0 Å². The molecule has 10 rings (SSSR count). The number of benzene rings is 7. The van der Waals surface area contributed by atoms with Crippen LogP contribution in [0.3, 0.4) is 0 Å². The molecule has 10 aromatic rings. The first-order valence-electron chi connectivity index (χ1n) is 16.6. The van der Waals surface area contributed by atoms with Crippen LogP contribution in [-0.2, 0) is 0 Å². The molecule has 0 saturated carbocycles. The molecule has 0 unspecified atom stereocenters. The number of fused-ring (bicyclic) bond motifs is 6. The first-order chi connectivity index (χ1) is 24.7. The molecule has 0 N–H and O–H groups in total. The molecule has 3 aromatic heterocycles. The van der Waals surface area contributed by atoms with E-state index in [0.29, 0.717) is 17.5 Å². The standard InChI is InChI=1S/C45H27N3O2/c1-2-9-28(10-3-1)29-17-19-30(20-18-29)31-21-23-32(24-22-31)43-46-44(33-25-26-35-34-11-4-6-14-38(34)50-41(35)27-33)48-45(47-43)37-13-8-16-40-42(37)36-12-5-7-15-39(36)49-40/h1-27H. The van der Waals surface area contributed by atoms with Gasteiger partial charge in [0.1, 0.15) is 22.3 Å². The zero-order valence-electron chi connectivity index (χ0n) is 26.7. The third-order valence-corrected chi connectivity index (χ3v) is 9.38. The van der Waals surface area contributed by atoms with E-state index in [9.17, 15) is 0 Å². The van der Waals surface area contributed by atoms with Gasteiger partial charge in [-0.15, -0.1) is 0 Å². The molecule has 5 heteroatoms. The number of furan rings is 2. The fraction of sp³-hybridized carbons (Fsp3) is 0. The summed E-state index contributed by atoms with van der Waals surface area (Å²) in [5.74, 6) is 1.73. The Bertz CT molecular complexity index is 2850. The van der Waals surface area contributed by atoms with Gasteiger partial charge in [-0.2, -0.15) is 0 Å². The highest BCUT2D eigenvalue weighted by Gasteiger charge is 2.18. The molecular formula is C45H27N3O2. The predicted molar refractivity (Wildman–Crippen MR) is 202 cm³/mol. The topological polar surface area (TPSA) is 65.0 Å². The van der Waals surface area contributed by atoms with Gasteiger partial charge in [-0.25, -0.2) is 15.0 Å². The molecule has 0 atom stereocenters. The van der Waals surface area contributed by atoms with Crippen molar-refractivity contribution >= 4 is 43.9 Å². The zero-order valence-corrected chi connectivity index (χ0v) is 26.7. The summed E-state index contributed by atoms with van der Waals surface area (Å²) in [5, 5.41) is 4.14. The van der Waals surface area contributed by atoms with Gasteiger partial charge in [0.2, 0.25) is 0 Å². The predicted octanol–water partition coefficient (Wildman–Crippen LogP) is 12.0. The highest BCUT2D eigenvalue weighted by Crippen LogP contribution is 2.37. The molecule has 0 amide bonds. The molecule has 0 aliphatic rings. The molecule has 234 valence electrons. The quantitative estimate of drug-likeness (QED) is 0.187. The molecular weight excluding hydrogens is 615 g/mol. The van der Waals surface area contributed by atoms with Gasteiger partial charge in [0.15, 0.2) is 17.5 Å². The summed E-state index contributed by atoms with van der Waals surface area (Å²) < 4.78 is 12.5. The Kier molecular flexibility index (Phi) is 6.42. The third kappa shape index (κ3) is 4.75. The van der Waals surface area contributed by atoms with Gasteiger partial charge in [0.05, 0.1) is 0 Å². The van der Waals surface area contributed by atoms with Crippen molar-refractivity contribution in [3.63, 3.8) is 0 Å². The lowest BCUT2D eigenvalue weighted by Gasteiger charge is -2.10. The normalized spacial score (nSPS) is 11.6. The Hall–Kier alpha value is -6.85. The van der Waals surface area contributed by atoms with Gasteiger partial charge < -0.3 is 8.83 Å². The minimum absolute atomic E-state index is 0.567. The van der Waals surface area contributed by atoms with E-state index < -0.39 is 0 Å². The zero-order chi connectivity index (χ0) is 33.0. The van der Waals surface area contributed by atoms with Crippen LogP contribution in [0.4, 0.5) is 0 Å². The van der Waals surface area contributed by atoms with Gasteiger partial charge in [-0.05, 0) is 52.6 Å². The van der Waals surface area contributed by atoms with Crippen LogP contribution in [-0.4, -0.2) is 15.0 Å². The van der Waals surface area contributed by atoms with Gasteiger partial charge >= 0.3 is 0 Å². The molecule has 0 aliphatic carbocycles. The van der Waals surface area contributed by atoms with Crippen molar-refractivity contribution in [2.75, 3.05) is 0 Å². The minimum Gasteiger partial charge on any atom is -0.456 e. The molecule has 7 aromatic carbocycles. The van der Waals surface area contributed by atoms with E-state index in [1.54, 1.807) is 0 Å². The van der Waals surface area contributed by atoms with Gasteiger partial charge in [0.25, 0.3) is 0 Å². The summed E-state index contributed by atoms with van der Waals surface area (Å²) in [6.45, 7) is 0. The van der Waals surface area contributed by atoms with Gasteiger partial charge in [-0.1, -0.05) is 133 Å². The largest absolute Gasteiger partial charge is 0.456 e. The number of para-hydroxylation sites is 2. The molecule has 0 spiro atoms. The van der Waals surface area contributed by atoms with Crippen LogP contribution in [0.25, 0.3) is 100 Å². The van der Waals surface area contributed by atoms with E-state index in [1.807, 2.05) is 60.7 Å². The van der Waals surface area contributed by atoms with Crippen LogP contribution in [0.2, 0.25) is 0 Å². The lowest BCUT2D eigenvalue weighted by atomic mass is 9.99. The number of rotatable bonds is 5. The maximum atomic E-state index is 6.24. The monoisotopic (exact) mass is 641 g/mol. The Morgan fingerprint density at radius 2 is 0.780 bits per heavy atom. The maximum Gasteiger partial charge on any atom is 0.164 e. The Balaban J connectivity index is 1.10. The summed E-state index contributed by atoms with van der Waals surface area (Å²) >= 11 is 0. The third-order valence-electron chi connectivity index (χ3n) is 9.38. The summed E-state index contributed by atoms with van der Waals surface area (Å²) in [7, 11) is 0. The van der Waals surface area contributed by atoms with Crippen LogP contribution in [0.1, 0.15) is 0 Å². The number of nitrogens with zero attached hydrogens (tertiary/aromatic N) is 3. The average Bonchev–Trinajstić information content (AvgIpc) is 3.76. The second-order valence-corrected chi connectivity index (χ2v) is 12.4. The number of aromatic nitrogens is 3. The van der Waals surface area contributed by atoms with Crippen LogP contribution >= 0.6 is 0 Å². The van der Waals surface area contributed by atoms with Crippen molar-refractivity contribution in [2.45, 2.75) is 0 Å². The first-order valence-corrected chi connectivity index (χ1v) is 16.6. The molecule has 0 radical (unpaired) electrons. The van der Waals surface area contributed by atoms with Crippen molar-refractivity contribution in [1.82, 2.24) is 15.0 Å². The van der Waals surface area contributed by atoms with Crippen molar-refractivity contribution < 1.29 is 8.83 Å². The van der Waals surface area contributed by atoms with E-state index in [1.165, 1.54) is 11.1 Å². The Labute approximate surface area is 287 Å². The van der Waals surface area contributed by atoms with Crippen LogP contribution in [0.5, 0.6) is 0 Å². The van der Waals surface area contributed by atoms with Crippen molar-refractivity contribution in [3.05, 3.63) is 164 Å². The van der Waals surface area contributed by atoms with E-state index in [2.05, 4.69) is 103 Å². The molecule has 3 heterocycles. The van der Waals surface area contributed by atoms with Crippen molar-refractivity contribution in [2.24, 2.45) is 0 Å². The summed E-state index contributed by atoms with van der Waals surface area (Å²) in [4.78, 5) is 15.2. The van der Waals surface area contributed by atoms with E-state index in [4.69, 9.17) is 23.8 Å². The summed E-state index contributed by atoms with van der Waals surface area (Å²) in [6, 6.07) is 55.9. The first kappa shape index (κ1) is 28.2. The van der Waals surface area contributed by atoms with Gasteiger partial charge in [0, 0.05) is 38.2 Å². The number of hydrogen-bond acceptors (Lipinski definition) is 5. The van der Waals surface area contributed by atoms with Crippen LogP contribution in [0, 0.1) is 0 Å². The lowest BCUT2D eigenvalue weighted by molar-refractivity contribution is 0.668. The summed E-state index contributed by atoms with van der Waals surface area (Å²) in [6.07, 6.45) is 0. The smallest absolute Gasteiger partial charge is 0.164 e. The Morgan fingerprint density at radius 1 is 0.300 bits per heavy atom. The van der Waals surface area contributed by atoms with Crippen molar-refractivity contribution in [1.29, 1.82) is 0 Å². The second-order valence-electron chi connectivity index (χ2n) is 12.4. The molecule has 5 nitrogen and oxygen atoms in total. The highest BCUT2D eigenvalue weighted by molar-refractivity contribution is 6.12. The lowest BCUT2D eigenvalue weighted by Crippen LogP contribution is -2.00. The fourth-order valence-corrected chi connectivity index (χ4v) is 6.88. The second kappa shape index (κ2) is 11.4. The van der Waals surface area contributed by atoms with E-state index in [-0.39, 0.29) is 0 Å². The van der Waals surface area contributed by atoms with E-state index in [0.717, 1.165) is 71.7 Å².